The van der Waals surface area contributed by atoms with Gasteiger partial charge in [0.15, 0.2) is 0 Å². The van der Waals surface area contributed by atoms with Gasteiger partial charge in [0.05, 0.1) is 12.6 Å². The first-order valence-electron chi connectivity index (χ1n) is 6.95. The minimum atomic E-state index is -0.188. The Morgan fingerprint density at radius 1 is 1.33 bits per heavy atom. The van der Waals surface area contributed by atoms with Crippen molar-refractivity contribution < 1.29 is 9.90 Å². The average molecular weight is 256 g/mol. The Morgan fingerprint density at radius 2 is 1.94 bits per heavy atom. The Balaban J connectivity index is 2.32. The van der Waals surface area contributed by atoms with E-state index in [1.165, 1.54) is 6.42 Å². The molecule has 0 saturated heterocycles. The van der Waals surface area contributed by atoms with Crippen LogP contribution >= 0.6 is 0 Å². The van der Waals surface area contributed by atoms with E-state index in [2.05, 4.69) is 5.32 Å². The summed E-state index contributed by atoms with van der Waals surface area (Å²) >= 11 is 0. The summed E-state index contributed by atoms with van der Waals surface area (Å²) in [4.78, 5) is 13.8. The van der Waals surface area contributed by atoms with Crippen LogP contribution in [0.1, 0.15) is 46.5 Å². The van der Waals surface area contributed by atoms with Crippen LogP contribution in [0.15, 0.2) is 0 Å². The van der Waals surface area contributed by atoms with Gasteiger partial charge in [0.2, 0.25) is 5.91 Å². The van der Waals surface area contributed by atoms with Gasteiger partial charge in [-0.1, -0.05) is 12.8 Å². The monoisotopic (exact) mass is 256 g/mol. The van der Waals surface area contributed by atoms with Gasteiger partial charge >= 0.3 is 0 Å². The molecule has 4 heteroatoms. The summed E-state index contributed by atoms with van der Waals surface area (Å²) in [6.45, 7) is 7.15. The minimum Gasteiger partial charge on any atom is -0.393 e. The van der Waals surface area contributed by atoms with Crippen LogP contribution in [0.2, 0.25) is 0 Å². The van der Waals surface area contributed by atoms with Gasteiger partial charge < -0.3 is 10.4 Å². The molecule has 0 heterocycles. The molecule has 2 N–H and O–H groups in total. The zero-order valence-corrected chi connectivity index (χ0v) is 12.2. The molecular formula is C14H28N2O2. The molecule has 106 valence electrons. The van der Waals surface area contributed by atoms with E-state index in [1.807, 2.05) is 32.7 Å². The van der Waals surface area contributed by atoms with E-state index in [0.29, 0.717) is 12.5 Å². The summed E-state index contributed by atoms with van der Waals surface area (Å²) in [5.74, 6) is 0.376. The van der Waals surface area contributed by atoms with Crippen LogP contribution in [0, 0.1) is 5.92 Å². The highest BCUT2D eigenvalue weighted by Crippen LogP contribution is 2.24. The topological polar surface area (TPSA) is 52.6 Å². The zero-order chi connectivity index (χ0) is 13.8. The van der Waals surface area contributed by atoms with Gasteiger partial charge in [-0.25, -0.2) is 0 Å². The molecule has 0 spiro atoms. The quantitative estimate of drug-likeness (QED) is 0.799. The minimum absolute atomic E-state index is 0.0512. The summed E-state index contributed by atoms with van der Waals surface area (Å²) in [6, 6.07) is 0. The highest BCUT2D eigenvalue weighted by Gasteiger charge is 2.25. The number of hydrogen-bond acceptors (Lipinski definition) is 3. The van der Waals surface area contributed by atoms with Crippen molar-refractivity contribution in [3.05, 3.63) is 0 Å². The summed E-state index contributed by atoms with van der Waals surface area (Å²) in [5, 5.41) is 12.9. The third-order valence-electron chi connectivity index (χ3n) is 3.34. The zero-order valence-electron chi connectivity index (χ0n) is 12.2. The van der Waals surface area contributed by atoms with Crippen molar-refractivity contribution in [1.29, 1.82) is 0 Å². The van der Waals surface area contributed by atoms with E-state index >= 15 is 0 Å². The van der Waals surface area contributed by atoms with Crippen LogP contribution in [0.4, 0.5) is 0 Å². The number of likely N-dealkylation sites (N-methyl/N-ethyl adjacent to an activating group) is 1. The Bertz CT molecular complexity index is 273. The molecule has 0 aromatic heterocycles. The van der Waals surface area contributed by atoms with Crippen molar-refractivity contribution in [2.24, 2.45) is 5.92 Å². The largest absolute Gasteiger partial charge is 0.393 e. The number of rotatable bonds is 4. The third-order valence-corrected chi connectivity index (χ3v) is 3.34. The highest BCUT2D eigenvalue weighted by molar-refractivity contribution is 5.78. The molecule has 0 radical (unpaired) electrons. The van der Waals surface area contributed by atoms with E-state index < -0.39 is 0 Å². The van der Waals surface area contributed by atoms with Crippen LogP contribution in [0.25, 0.3) is 0 Å². The van der Waals surface area contributed by atoms with Crippen molar-refractivity contribution in [2.75, 3.05) is 20.1 Å². The molecule has 1 amide bonds. The maximum atomic E-state index is 11.8. The van der Waals surface area contributed by atoms with Gasteiger partial charge in [-0.3, -0.25) is 9.69 Å². The van der Waals surface area contributed by atoms with Crippen molar-refractivity contribution in [1.82, 2.24) is 10.2 Å². The second-order valence-electron chi connectivity index (χ2n) is 6.61. The fraction of sp³-hybridized carbons (Fsp3) is 0.929. The maximum absolute atomic E-state index is 11.8. The number of aliphatic hydroxyl groups is 1. The van der Waals surface area contributed by atoms with Crippen molar-refractivity contribution >= 4 is 5.91 Å². The molecule has 1 aliphatic carbocycles. The molecule has 0 aliphatic heterocycles. The van der Waals surface area contributed by atoms with Gasteiger partial charge in [-0.15, -0.1) is 0 Å². The Morgan fingerprint density at radius 3 is 2.50 bits per heavy atom. The molecule has 2 unspecified atom stereocenters. The summed E-state index contributed by atoms with van der Waals surface area (Å²) in [7, 11) is 1.95. The second kappa shape index (κ2) is 6.53. The molecule has 18 heavy (non-hydrogen) atoms. The van der Waals surface area contributed by atoms with Gasteiger partial charge in [0, 0.05) is 12.1 Å². The molecule has 0 aromatic carbocycles. The van der Waals surface area contributed by atoms with E-state index in [0.717, 1.165) is 25.8 Å². The Labute approximate surface area is 111 Å². The van der Waals surface area contributed by atoms with Crippen LogP contribution in [-0.4, -0.2) is 47.7 Å². The number of carbonyl (C=O) groups excluding carboxylic acids is 1. The first kappa shape index (κ1) is 15.4. The number of aliphatic hydroxyl groups excluding tert-OH is 1. The molecule has 2 atom stereocenters. The predicted octanol–water partition coefficient (Wildman–Crippen LogP) is 1.38. The lowest BCUT2D eigenvalue weighted by Gasteiger charge is -2.31. The lowest BCUT2D eigenvalue weighted by atomic mass is 9.86. The number of nitrogens with zero attached hydrogens (tertiary/aromatic N) is 1. The molecule has 1 fully saturated rings. The summed E-state index contributed by atoms with van der Waals surface area (Å²) < 4.78 is 0. The molecule has 0 aromatic rings. The average Bonchev–Trinajstić information content (AvgIpc) is 2.18. The lowest BCUT2D eigenvalue weighted by molar-refractivity contribution is -0.123. The van der Waals surface area contributed by atoms with Crippen molar-refractivity contribution in [3.63, 3.8) is 0 Å². The predicted molar refractivity (Wildman–Crippen MR) is 73.4 cm³/mol. The van der Waals surface area contributed by atoms with Crippen LogP contribution in [0.3, 0.4) is 0 Å². The number of amides is 1. The molecular weight excluding hydrogens is 228 g/mol. The Hall–Kier alpha value is -0.610. The summed E-state index contributed by atoms with van der Waals surface area (Å²) in [6.07, 6.45) is 4.13. The van der Waals surface area contributed by atoms with Crippen LogP contribution in [-0.2, 0) is 4.79 Å². The standard InChI is InChI=1S/C14H28N2O2/c1-14(2,3)15-13(18)10-16(4)9-11-7-5-6-8-12(11)17/h11-12,17H,5-10H2,1-4H3,(H,15,18). The molecule has 1 rings (SSSR count). The fourth-order valence-electron chi connectivity index (χ4n) is 2.57. The SMILES string of the molecule is CN(CC(=O)NC(C)(C)C)CC1CCCCC1O. The van der Waals surface area contributed by atoms with Crippen molar-refractivity contribution in [3.8, 4) is 0 Å². The van der Waals surface area contributed by atoms with Gasteiger partial charge in [0.1, 0.15) is 0 Å². The van der Waals surface area contributed by atoms with E-state index in [9.17, 15) is 9.90 Å². The van der Waals surface area contributed by atoms with Crippen LogP contribution in [0.5, 0.6) is 0 Å². The maximum Gasteiger partial charge on any atom is 0.234 e. The molecule has 0 bridgehead atoms. The lowest BCUT2D eigenvalue weighted by Crippen LogP contribution is -2.46. The van der Waals surface area contributed by atoms with Gasteiger partial charge in [-0.2, -0.15) is 0 Å². The Kier molecular flexibility index (Phi) is 5.60. The molecule has 4 nitrogen and oxygen atoms in total. The molecule has 1 saturated carbocycles. The van der Waals surface area contributed by atoms with E-state index in [4.69, 9.17) is 0 Å². The third kappa shape index (κ3) is 5.83. The van der Waals surface area contributed by atoms with E-state index in [1.54, 1.807) is 0 Å². The highest BCUT2D eigenvalue weighted by atomic mass is 16.3. The number of hydrogen-bond donors (Lipinski definition) is 2. The molecule has 1 aliphatic rings. The fourth-order valence-corrected chi connectivity index (χ4v) is 2.57. The number of nitrogens with one attached hydrogen (secondary N) is 1. The number of carbonyl (C=O) groups is 1. The van der Waals surface area contributed by atoms with E-state index in [-0.39, 0.29) is 17.6 Å². The second-order valence-corrected chi connectivity index (χ2v) is 6.61. The first-order valence-corrected chi connectivity index (χ1v) is 6.95. The van der Waals surface area contributed by atoms with Gasteiger partial charge in [0.25, 0.3) is 0 Å². The van der Waals surface area contributed by atoms with Crippen molar-refractivity contribution in [2.45, 2.75) is 58.1 Å². The summed E-state index contributed by atoms with van der Waals surface area (Å²) in [5.41, 5.74) is -0.178. The smallest absolute Gasteiger partial charge is 0.234 e. The normalized spacial score (nSPS) is 25.2. The van der Waals surface area contributed by atoms with Gasteiger partial charge in [-0.05, 0) is 46.6 Å². The first-order chi connectivity index (χ1) is 8.28. The van der Waals surface area contributed by atoms with Crippen LogP contribution < -0.4 is 5.32 Å².